The van der Waals surface area contributed by atoms with Crippen LogP contribution < -0.4 is 4.72 Å². The molecule has 0 aliphatic heterocycles. The molecule has 0 spiro atoms. The van der Waals surface area contributed by atoms with Crippen molar-refractivity contribution in [2.45, 2.75) is 11.8 Å². The fraction of sp³-hybridized carbons (Fsp3) is 0.0714. The molecule has 1 N–H and O–H groups in total. The van der Waals surface area contributed by atoms with E-state index < -0.39 is 10.0 Å². The predicted octanol–water partition coefficient (Wildman–Crippen LogP) is 2.69. The van der Waals surface area contributed by atoms with Crippen molar-refractivity contribution in [1.82, 2.24) is 8.75 Å². The van der Waals surface area contributed by atoms with Gasteiger partial charge < -0.3 is 0 Å². The van der Waals surface area contributed by atoms with Crippen LogP contribution in [0.25, 0.3) is 11.0 Å². The van der Waals surface area contributed by atoms with Gasteiger partial charge in [-0.05, 0) is 31.2 Å². The maximum atomic E-state index is 12.6. The second kappa shape index (κ2) is 5.47. The number of sulfonamides is 1. The third kappa shape index (κ3) is 2.58. The summed E-state index contributed by atoms with van der Waals surface area (Å²) in [5.41, 5.74) is 1.40. The van der Waals surface area contributed by atoms with E-state index in [9.17, 15) is 13.2 Å². The lowest BCUT2D eigenvalue weighted by Crippen LogP contribution is -2.15. The van der Waals surface area contributed by atoms with E-state index in [2.05, 4.69) is 13.5 Å². The van der Waals surface area contributed by atoms with E-state index in [1.165, 1.54) is 13.0 Å². The lowest BCUT2D eigenvalue weighted by atomic mass is 10.1. The summed E-state index contributed by atoms with van der Waals surface area (Å²) in [7, 11) is -3.86. The molecule has 0 aliphatic carbocycles. The minimum Gasteiger partial charge on any atom is -0.294 e. The molecule has 0 aliphatic rings. The Morgan fingerprint density at radius 2 is 1.86 bits per heavy atom. The number of carbonyl (C=O) groups excluding carboxylic acids is 1. The van der Waals surface area contributed by atoms with Gasteiger partial charge in [0.05, 0.1) is 17.4 Å². The Balaban J connectivity index is 2.09. The van der Waals surface area contributed by atoms with Gasteiger partial charge in [0.1, 0.15) is 15.9 Å². The highest BCUT2D eigenvalue weighted by Crippen LogP contribution is 2.25. The SMILES string of the molecule is CC(=O)c1ccccc1NS(=O)(=O)c1cccc2nsnc12. The number of anilines is 1. The van der Waals surface area contributed by atoms with Crippen LogP contribution in [0, 0.1) is 0 Å². The van der Waals surface area contributed by atoms with Crippen molar-refractivity contribution in [3.63, 3.8) is 0 Å². The maximum absolute atomic E-state index is 12.6. The lowest BCUT2D eigenvalue weighted by molar-refractivity contribution is 0.101. The number of carbonyl (C=O) groups is 1. The number of rotatable bonds is 4. The molecular weight excluding hydrogens is 322 g/mol. The van der Waals surface area contributed by atoms with E-state index in [0.29, 0.717) is 16.6 Å². The Hall–Kier alpha value is -2.32. The number of nitrogens with zero attached hydrogens (tertiary/aromatic N) is 2. The Labute approximate surface area is 131 Å². The van der Waals surface area contributed by atoms with Gasteiger partial charge in [0.2, 0.25) is 0 Å². The highest BCUT2D eigenvalue weighted by Gasteiger charge is 2.21. The van der Waals surface area contributed by atoms with Crippen molar-refractivity contribution in [2.75, 3.05) is 4.72 Å². The van der Waals surface area contributed by atoms with Gasteiger partial charge in [-0.1, -0.05) is 18.2 Å². The summed E-state index contributed by atoms with van der Waals surface area (Å²) < 4.78 is 35.7. The summed E-state index contributed by atoms with van der Waals surface area (Å²) in [6.07, 6.45) is 0. The molecule has 3 aromatic rings. The molecule has 0 bridgehead atoms. The van der Waals surface area contributed by atoms with Gasteiger partial charge in [0.15, 0.2) is 5.78 Å². The minimum absolute atomic E-state index is 0.0390. The van der Waals surface area contributed by atoms with Crippen LogP contribution in [0.4, 0.5) is 5.69 Å². The average molecular weight is 333 g/mol. The van der Waals surface area contributed by atoms with Gasteiger partial charge in [-0.3, -0.25) is 9.52 Å². The van der Waals surface area contributed by atoms with Crippen LogP contribution in [0.15, 0.2) is 47.4 Å². The fourth-order valence-electron chi connectivity index (χ4n) is 2.08. The van der Waals surface area contributed by atoms with E-state index in [1.54, 1.807) is 36.4 Å². The van der Waals surface area contributed by atoms with Crippen LogP contribution in [0.1, 0.15) is 17.3 Å². The van der Waals surface area contributed by atoms with Gasteiger partial charge in [-0.25, -0.2) is 8.42 Å². The molecule has 6 nitrogen and oxygen atoms in total. The number of para-hydroxylation sites is 1. The standard InChI is InChI=1S/C14H11N3O3S2/c1-9(18)10-5-2-3-6-11(10)17-22(19,20)13-8-4-7-12-14(13)16-21-15-12/h2-8,17H,1H3. The minimum atomic E-state index is -3.86. The summed E-state index contributed by atoms with van der Waals surface area (Å²) >= 11 is 0.951. The van der Waals surface area contributed by atoms with Gasteiger partial charge in [0, 0.05) is 5.56 Å². The number of hydrogen-bond acceptors (Lipinski definition) is 6. The third-order valence-corrected chi connectivity index (χ3v) is 5.03. The molecule has 0 radical (unpaired) electrons. The molecule has 8 heteroatoms. The molecule has 22 heavy (non-hydrogen) atoms. The molecule has 0 saturated carbocycles. The number of fused-ring (bicyclic) bond motifs is 1. The number of hydrogen-bond donors (Lipinski definition) is 1. The van der Waals surface area contributed by atoms with Crippen molar-refractivity contribution >= 4 is 44.3 Å². The van der Waals surface area contributed by atoms with Crippen LogP contribution >= 0.6 is 11.7 Å². The van der Waals surface area contributed by atoms with Crippen LogP contribution in [0.2, 0.25) is 0 Å². The van der Waals surface area contributed by atoms with Crippen molar-refractivity contribution in [2.24, 2.45) is 0 Å². The first-order chi connectivity index (χ1) is 10.5. The van der Waals surface area contributed by atoms with Crippen LogP contribution in [-0.2, 0) is 10.0 Å². The quantitative estimate of drug-likeness (QED) is 0.742. The van der Waals surface area contributed by atoms with Crippen LogP contribution in [-0.4, -0.2) is 22.9 Å². The van der Waals surface area contributed by atoms with E-state index in [0.717, 1.165) is 11.7 Å². The molecule has 3 rings (SSSR count). The first kappa shape index (κ1) is 14.6. The van der Waals surface area contributed by atoms with E-state index >= 15 is 0 Å². The van der Waals surface area contributed by atoms with Crippen molar-refractivity contribution in [3.8, 4) is 0 Å². The first-order valence-electron chi connectivity index (χ1n) is 6.33. The largest absolute Gasteiger partial charge is 0.294 e. The first-order valence-corrected chi connectivity index (χ1v) is 8.54. The molecule has 1 aromatic heterocycles. The molecule has 0 saturated heterocycles. The van der Waals surface area contributed by atoms with Gasteiger partial charge in [-0.15, -0.1) is 0 Å². The molecule has 1 heterocycles. The van der Waals surface area contributed by atoms with E-state index in [4.69, 9.17) is 0 Å². The van der Waals surface area contributed by atoms with Crippen LogP contribution in [0.5, 0.6) is 0 Å². The summed E-state index contributed by atoms with van der Waals surface area (Å²) in [5.74, 6) is -0.216. The van der Waals surface area contributed by atoms with Gasteiger partial charge >= 0.3 is 0 Å². The number of benzene rings is 2. The Morgan fingerprint density at radius 3 is 2.64 bits per heavy atom. The number of aromatic nitrogens is 2. The smallest absolute Gasteiger partial charge is 0.264 e. The monoisotopic (exact) mass is 333 g/mol. The molecule has 2 aromatic carbocycles. The highest BCUT2D eigenvalue weighted by atomic mass is 32.2. The second-order valence-electron chi connectivity index (χ2n) is 4.60. The number of ketones is 1. The van der Waals surface area contributed by atoms with E-state index in [-0.39, 0.29) is 16.4 Å². The molecule has 0 atom stereocenters. The predicted molar refractivity (Wildman–Crippen MR) is 84.7 cm³/mol. The maximum Gasteiger partial charge on any atom is 0.264 e. The molecular formula is C14H11N3O3S2. The van der Waals surface area contributed by atoms with E-state index in [1.807, 2.05) is 0 Å². The zero-order chi connectivity index (χ0) is 15.7. The molecule has 112 valence electrons. The summed E-state index contributed by atoms with van der Waals surface area (Å²) in [6.45, 7) is 1.39. The number of Topliss-reactive ketones (excluding diaryl/α,β-unsaturated/α-hetero) is 1. The van der Waals surface area contributed by atoms with Crippen molar-refractivity contribution in [1.29, 1.82) is 0 Å². The molecule has 0 unspecified atom stereocenters. The second-order valence-corrected chi connectivity index (χ2v) is 6.77. The fourth-order valence-corrected chi connectivity index (χ4v) is 3.92. The zero-order valence-electron chi connectivity index (χ0n) is 11.5. The highest BCUT2D eigenvalue weighted by molar-refractivity contribution is 7.93. The summed E-state index contributed by atoms with van der Waals surface area (Å²) in [5, 5.41) is 0. The Morgan fingerprint density at radius 1 is 1.09 bits per heavy atom. The number of nitrogens with one attached hydrogen (secondary N) is 1. The Kier molecular flexibility index (Phi) is 3.63. The Bertz CT molecular complexity index is 964. The van der Waals surface area contributed by atoms with Gasteiger partial charge in [-0.2, -0.15) is 8.75 Å². The third-order valence-electron chi connectivity index (χ3n) is 3.09. The van der Waals surface area contributed by atoms with Crippen molar-refractivity contribution < 1.29 is 13.2 Å². The summed E-state index contributed by atoms with van der Waals surface area (Å²) in [4.78, 5) is 11.6. The molecule has 0 fully saturated rings. The van der Waals surface area contributed by atoms with Crippen LogP contribution in [0.3, 0.4) is 0 Å². The van der Waals surface area contributed by atoms with Crippen molar-refractivity contribution in [3.05, 3.63) is 48.0 Å². The van der Waals surface area contributed by atoms with Gasteiger partial charge in [0.25, 0.3) is 10.0 Å². The summed E-state index contributed by atoms with van der Waals surface area (Å²) in [6, 6.07) is 11.2. The lowest BCUT2D eigenvalue weighted by Gasteiger charge is -2.11. The topological polar surface area (TPSA) is 89.0 Å². The average Bonchev–Trinajstić information content (AvgIpc) is 2.95. The normalized spacial score (nSPS) is 11.5. The zero-order valence-corrected chi connectivity index (χ0v) is 13.1. The molecule has 0 amide bonds.